The van der Waals surface area contributed by atoms with E-state index >= 15 is 0 Å². The number of hydrogen-bond acceptors (Lipinski definition) is 3. The molecule has 0 radical (unpaired) electrons. The summed E-state index contributed by atoms with van der Waals surface area (Å²) in [6.07, 6.45) is 10.1. The standard InChI is InChI=1S/C37H51BrO4/c1-22(2)23-14-19-37(32(40)41)21-20-35(6)25(30(23)37)12-13-28-34(5)17-16-29(33(3,4)27(34)15-18-36(28,35)7)42-31(39)24-10-8-9-11-26(24)38/h8-11,23,25,27-30H,1,12-21H2,2-7H3,(H,40,41)/t23-,25+,27-,28+,29-,30+,34-,35+,36+,37-/m0/s1. The van der Waals surface area contributed by atoms with Crippen molar-refractivity contribution >= 4 is 27.9 Å². The maximum absolute atomic E-state index is 13.3. The van der Waals surface area contributed by atoms with Crippen LogP contribution in [-0.4, -0.2) is 23.1 Å². The summed E-state index contributed by atoms with van der Waals surface area (Å²) in [5, 5.41) is 10.6. The van der Waals surface area contributed by atoms with Crippen LogP contribution in [0.1, 0.15) is 116 Å². The lowest BCUT2D eigenvalue weighted by molar-refractivity contribution is -0.248. The van der Waals surface area contributed by atoms with Gasteiger partial charge in [0.1, 0.15) is 6.10 Å². The van der Waals surface area contributed by atoms with E-state index in [1.807, 2.05) is 24.3 Å². The Balaban J connectivity index is 1.30. The van der Waals surface area contributed by atoms with Crippen LogP contribution in [0.3, 0.4) is 0 Å². The van der Waals surface area contributed by atoms with Crippen molar-refractivity contribution in [2.75, 3.05) is 0 Å². The molecular weight excluding hydrogens is 588 g/mol. The summed E-state index contributed by atoms with van der Waals surface area (Å²) in [6.45, 7) is 18.9. The van der Waals surface area contributed by atoms with Gasteiger partial charge in [0.15, 0.2) is 0 Å². The van der Waals surface area contributed by atoms with Gasteiger partial charge in [0.25, 0.3) is 0 Å². The average Bonchev–Trinajstić information content (AvgIpc) is 3.32. The van der Waals surface area contributed by atoms with E-state index in [0.29, 0.717) is 29.2 Å². The summed E-state index contributed by atoms with van der Waals surface area (Å²) in [5.74, 6) is 1.24. The molecule has 5 aliphatic rings. The molecule has 1 aromatic rings. The third-order valence-corrected chi connectivity index (χ3v) is 15.5. The predicted molar refractivity (Wildman–Crippen MR) is 170 cm³/mol. The van der Waals surface area contributed by atoms with E-state index in [2.05, 4.69) is 64.1 Å². The van der Waals surface area contributed by atoms with Gasteiger partial charge in [0, 0.05) is 9.89 Å². The van der Waals surface area contributed by atoms with E-state index < -0.39 is 11.4 Å². The number of carboxylic acid groups (broad SMARTS) is 1. The fourth-order valence-corrected chi connectivity index (χ4v) is 13.0. The molecule has 0 aromatic heterocycles. The fraction of sp³-hybridized carbons (Fsp3) is 0.730. The predicted octanol–water partition coefficient (Wildman–Crippen LogP) is 9.72. The van der Waals surface area contributed by atoms with E-state index in [-0.39, 0.29) is 39.7 Å². The summed E-state index contributed by atoms with van der Waals surface area (Å²) >= 11 is 3.53. The van der Waals surface area contributed by atoms with E-state index in [4.69, 9.17) is 4.74 Å². The number of carbonyl (C=O) groups excluding carboxylic acids is 1. The number of rotatable bonds is 4. The highest BCUT2D eigenvalue weighted by molar-refractivity contribution is 9.10. The molecule has 5 heteroatoms. The SMILES string of the molecule is C=C(C)[C@@H]1CC[C@]2(C(=O)O)CC[C@]3(C)[C@H](CC[C@@H]4[C@@]5(C)CC[C@H](OC(=O)c6ccccc6Br)C(C)(C)[C@@H]5CC[C@]43C)[C@@H]12. The first-order valence-corrected chi connectivity index (χ1v) is 17.3. The minimum absolute atomic E-state index is 0.104. The van der Waals surface area contributed by atoms with Crippen LogP contribution in [-0.2, 0) is 9.53 Å². The van der Waals surface area contributed by atoms with Crippen LogP contribution >= 0.6 is 15.9 Å². The Morgan fingerprint density at radius 1 is 0.881 bits per heavy atom. The van der Waals surface area contributed by atoms with Gasteiger partial charge in [0.2, 0.25) is 0 Å². The first-order chi connectivity index (χ1) is 19.6. The van der Waals surface area contributed by atoms with Gasteiger partial charge in [-0.25, -0.2) is 4.79 Å². The molecule has 42 heavy (non-hydrogen) atoms. The van der Waals surface area contributed by atoms with E-state index in [9.17, 15) is 14.7 Å². The lowest BCUT2D eigenvalue weighted by Crippen LogP contribution is -2.67. The number of benzene rings is 1. The van der Waals surface area contributed by atoms with Gasteiger partial charge in [0.05, 0.1) is 11.0 Å². The normalized spacial score (nSPS) is 45.5. The second-order valence-electron chi connectivity index (χ2n) is 16.4. The lowest BCUT2D eigenvalue weighted by Gasteiger charge is -2.72. The van der Waals surface area contributed by atoms with Gasteiger partial charge in [-0.2, -0.15) is 0 Å². The molecule has 0 heterocycles. The molecule has 0 bridgehead atoms. The van der Waals surface area contributed by atoms with Gasteiger partial charge in [-0.15, -0.1) is 0 Å². The molecule has 0 spiro atoms. The number of ether oxygens (including phenoxy) is 1. The van der Waals surface area contributed by atoms with Crippen molar-refractivity contribution in [1.29, 1.82) is 0 Å². The Kier molecular flexibility index (Phi) is 7.20. The topological polar surface area (TPSA) is 63.6 Å². The second kappa shape index (κ2) is 9.94. The van der Waals surface area contributed by atoms with Crippen molar-refractivity contribution in [3.05, 3.63) is 46.5 Å². The van der Waals surface area contributed by atoms with Crippen molar-refractivity contribution in [2.45, 2.75) is 112 Å². The highest BCUT2D eigenvalue weighted by Gasteiger charge is 2.72. The number of esters is 1. The molecule has 6 rings (SSSR count). The third kappa shape index (κ3) is 3.96. The maximum Gasteiger partial charge on any atom is 0.339 e. The smallest absolute Gasteiger partial charge is 0.339 e. The molecule has 5 saturated carbocycles. The Morgan fingerprint density at radius 2 is 1.60 bits per heavy atom. The molecule has 5 fully saturated rings. The zero-order valence-electron chi connectivity index (χ0n) is 26.6. The molecule has 1 aromatic carbocycles. The van der Waals surface area contributed by atoms with Crippen molar-refractivity contribution in [3.63, 3.8) is 0 Å². The van der Waals surface area contributed by atoms with Crippen LogP contribution in [0.4, 0.5) is 0 Å². The van der Waals surface area contributed by atoms with Crippen molar-refractivity contribution in [3.8, 4) is 0 Å². The van der Waals surface area contributed by atoms with Crippen molar-refractivity contribution in [1.82, 2.24) is 0 Å². The van der Waals surface area contributed by atoms with Gasteiger partial charge < -0.3 is 9.84 Å². The van der Waals surface area contributed by atoms with E-state index in [1.54, 1.807) is 0 Å². The van der Waals surface area contributed by atoms with Crippen LogP contribution in [0.2, 0.25) is 0 Å². The molecule has 4 nitrogen and oxygen atoms in total. The molecule has 1 N–H and O–H groups in total. The van der Waals surface area contributed by atoms with Gasteiger partial charge >= 0.3 is 11.9 Å². The number of halogens is 1. The number of fused-ring (bicyclic) bond motifs is 7. The molecule has 0 unspecified atom stereocenters. The minimum Gasteiger partial charge on any atom is -0.481 e. The number of aliphatic carboxylic acids is 1. The molecule has 5 aliphatic carbocycles. The summed E-state index contributed by atoms with van der Waals surface area (Å²) in [7, 11) is 0. The maximum atomic E-state index is 13.3. The Bertz CT molecular complexity index is 1300. The Hall–Kier alpha value is -1.62. The monoisotopic (exact) mass is 638 g/mol. The zero-order valence-corrected chi connectivity index (χ0v) is 28.2. The lowest BCUT2D eigenvalue weighted by atomic mass is 9.32. The van der Waals surface area contributed by atoms with Gasteiger partial charge in [-0.1, -0.05) is 58.9 Å². The summed E-state index contributed by atoms with van der Waals surface area (Å²) in [5.41, 5.74) is 1.55. The van der Waals surface area contributed by atoms with Gasteiger partial charge in [-0.05, 0) is 145 Å². The van der Waals surface area contributed by atoms with Gasteiger partial charge in [-0.3, -0.25) is 4.79 Å². The highest BCUT2D eigenvalue weighted by Crippen LogP contribution is 2.77. The Morgan fingerprint density at radius 3 is 2.26 bits per heavy atom. The van der Waals surface area contributed by atoms with Crippen molar-refractivity contribution in [2.24, 2.45) is 56.7 Å². The Labute approximate surface area is 261 Å². The van der Waals surface area contributed by atoms with E-state index in [1.165, 1.54) is 18.4 Å². The largest absolute Gasteiger partial charge is 0.481 e. The number of carbonyl (C=O) groups is 2. The summed E-state index contributed by atoms with van der Waals surface area (Å²) in [6, 6.07) is 7.54. The molecule has 0 saturated heterocycles. The van der Waals surface area contributed by atoms with Crippen LogP contribution in [0, 0.1) is 56.7 Å². The fourth-order valence-electron chi connectivity index (χ4n) is 12.5. The number of hydrogen-bond donors (Lipinski definition) is 1. The first kappa shape index (κ1) is 30.4. The third-order valence-electron chi connectivity index (χ3n) is 14.8. The van der Waals surface area contributed by atoms with Crippen LogP contribution in [0.15, 0.2) is 40.9 Å². The first-order valence-electron chi connectivity index (χ1n) is 16.5. The quantitative estimate of drug-likeness (QED) is 0.263. The summed E-state index contributed by atoms with van der Waals surface area (Å²) in [4.78, 5) is 26.2. The van der Waals surface area contributed by atoms with Crippen LogP contribution < -0.4 is 0 Å². The number of carboxylic acids is 1. The van der Waals surface area contributed by atoms with Crippen molar-refractivity contribution < 1.29 is 19.4 Å². The molecule has 230 valence electrons. The van der Waals surface area contributed by atoms with Crippen LogP contribution in [0.5, 0.6) is 0 Å². The molecule has 10 atom stereocenters. The second-order valence-corrected chi connectivity index (χ2v) is 17.2. The van der Waals surface area contributed by atoms with Crippen LogP contribution in [0.25, 0.3) is 0 Å². The summed E-state index contributed by atoms with van der Waals surface area (Å²) < 4.78 is 7.10. The minimum atomic E-state index is -0.574. The van der Waals surface area contributed by atoms with E-state index in [0.717, 1.165) is 55.8 Å². The molecule has 0 amide bonds. The highest BCUT2D eigenvalue weighted by atomic mass is 79.9. The average molecular weight is 640 g/mol. The molecular formula is C37H51BrO4. The number of allylic oxidation sites excluding steroid dienone is 1. The molecule has 0 aliphatic heterocycles. The zero-order chi connectivity index (χ0) is 30.5.